The van der Waals surface area contributed by atoms with Crippen LogP contribution in [0, 0.1) is 5.92 Å². The maximum atomic E-state index is 5.46. The third-order valence-electron chi connectivity index (χ3n) is 11.5. The molecule has 52 heavy (non-hydrogen) atoms. The van der Waals surface area contributed by atoms with Gasteiger partial charge in [0.25, 0.3) is 0 Å². The molecule has 0 aliphatic carbocycles. The van der Waals surface area contributed by atoms with Crippen LogP contribution in [-0.2, 0) is 5.41 Å². The monoisotopic (exact) mass is 674 g/mol. The van der Waals surface area contributed by atoms with Gasteiger partial charge in [-0.25, -0.2) is 19.9 Å². The Morgan fingerprint density at radius 2 is 1.02 bits per heavy atom. The Kier molecular flexibility index (Phi) is 6.03. The SMILES string of the molecule is C=C1CC2(C)c3ccccc3N3c4nccnc4N(c4ccccc4)C3C2C2N(c3ccccc3)c3nc4ccccc4nc3N2c2ccccc21. The molecule has 0 radical (unpaired) electrons. The lowest BCUT2D eigenvalue weighted by Gasteiger charge is -2.57. The van der Waals surface area contributed by atoms with Crippen LogP contribution in [0.4, 0.5) is 46.0 Å². The van der Waals surface area contributed by atoms with E-state index in [0.717, 1.165) is 74.6 Å². The van der Waals surface area contributed by atoms with Gasteiger partial charge in [0.15, 0.2) is 23.3 Å². The van der Waals surface area contributed by atoms with Crippen molar-refractivity contribution >= 4 is 62.6 Å². The zero-order valence-corrected chi connectivity index (χ0v) is 28.6. The molecule has 0 bridgehead atoms. The summed E-state index contributed by atoms with van der Waals surface area (Å²) in [7, 11) is 0. The van der Waals surface area contributed by atoms with Gasteiger partial charge in [-0.3, -0.25) is 0 Å². The number of nitrogens with zero attached hydrogens (tertiary/aromatic N) is 8. The molecule has 0 N–H and O–H groups in total. The zero-order chi connectivity index (χ0) is 34.6. The fourth-order valence-corrected chi connectivity index (χ4v) is 9.48. The molecule has 8 nitrogen and oxygen atoms in total. The lowest BCUT2D eigenvalue weighted by Crippen LogP contribution is -2.65. The summed E-state index contributed by atoms with van der Waals surface area (Å²) in [4.78, 5) is 30.8. The number of aromatic nitrogens is 4. The molecule has 4 atom stereocenters. The van der Waals surface area contributed by atoms with E-state index in [1.807, 2.05) is 24.5 Å². The normalized spacial score (nSPS) is 22.4. The van der Waals surface area contributed by atoms with E-state index in [4.69, 9.17) is 26.5 Å². The van der Waals surface area contributed by atoms with Gasteiger partial charge in [-0.05, 0) is 66.1 Å². The van der Waals surface area contributed by atoms with Crippen molar-refractivity contribution in [1.29, 1.82) is 0 Å². The molecule has 2 aromatic heterocycles. The minimum Gasteiger partial charge on any atom is -0.301 e. The van der Waals surface area contributed by atoms with Gasteiger partial charge >= 0.3 is 0 Å². The minimum atomic E-state index is -0.422. The summed E-state index contributed by atoms with van der Waals surface area (Å²) in [5.41, 5.74) is 9.12. The molecule has 0 spiro atoms. The van der Waals surface area contributed by atoms with Crippen LogP contribution in [0.2, 0.25) is 0 Å². The maximum absolute atomic E-state index is 5.46. The predicted molar refractivity (Wildman–Crippen MR) is 208 cm³/mol. The van der Waals surface area contributed by atoms with Crippen molar-refractivity contribution in [2.45, 2.75) is 31.1 Å². The molecule has 6 heterocycles. The van der Waals surface area contributed by atoms with Crippen LogP contribution in [0.15, 0.2) is 152 Å². The largest absolute Gasteiger partial charge is 0.301 e. The molecule has 4 aliphatic heterocycles. The summed E-state index contributed by atoms with van der Waals surface area (Å²) >= 11 is 0. The van der Waals surface area contributed by atoms with Crippen molar-refractivity contribution in [3.63, 3.8) is 0 Å². The topological polar surface area (TPSA) is 64.5 Å². The van der Waals surface area contributed by atoms with Crippen molar-refractivity contribution in [3.8, 4) is 0 Å². The number of allylic oxidation sites excluding steroid dienone is 1. The van der Waals surface area contributed by atoms with Crippen LogP contribution in [0.25, 0.3) is 16.6 Å². The van der Waals surface area contributed by atoms with Crippen LogP contribution in [-0.4, -0.2) is 32.3 Å². The van der Waals surface area contributed by atoms with Crippen molar-refractivity contribution in [2.24, 2.45) is 5.92 Å². The second-order valence-corrected chi connectivity index (χ2v) is 14.3. The van der Waals surface area contributed by atoms with Crippen LogP contribution < -0.4 is 19.6 Å². The quantitative estimate of drug-likeness (QED) is 0.180. The van der Waals surface area contributed by atoms with Crippen LogP contribution >= 0.6 is 0 Å². The highest BCUT2D eigenvalue weighted by molar-refractivity contribution is 5.94. The fraction of sp³-hybridized carbons (Fsp3) is 0.136. The molecule has 4 aliphatic rings. The third kappa shape index (κ3) is 3.86. The summed E-state index contributed by atoms with van der Waals surface area (Å²) in [5.74, 6) is 3.25. The molecule has 0 amide bonds. The number of hydrogen-bond donors (Lipinski definition) is 0. The van der Waals surface area contributed by atoms with E-state index in [2.05, 4.69) is 148 Å². The minimum absolute atomic E-state index is 0.108. The highest BCUT2D eigenvalue weighted by Gasteiger charge is 2.63. The molecule has 0 saturated carbocycles. The first-order chi connectivity index (χ1) is 25.6. The molecule has 0 saturated heterocycles. The van der Waals surface area contributed by atoms with Gasteiger partial charge in [-0.1, -0.05) is 98.4 Å². The lowest BCUT2D eigenvalue weighted by molar-refractivity contribution is 0.203. The summed E-state index contributed by atoms with van der Waals surface area (Å²) in [5, 5.41) is 0. The Morgan fingerprint density at radius 1 is 0.538 bits per heavy atom. The molecule has 0 fully saturated rings. The molecule has 11 rings (SSSR count). The average molecular weight is 675 g/mol. The summed E-state index contributed by atoms with van der Waals surface area (Å²) in [6, 6.07) is 47.1. The number of rotatable bonds is 2. The first kappa shape index (κ1) is 29.2. The average Bonchev–Trinajstić information content (AvgIpc) is 3.70. The highest BCUT2D eigenvalue weighted by Crippen LogP contribution is 2.64. The Bertz CT molecular complexity index is 2560. The Hall–Kier alpha value is -6.54. The summed E-state index contributed by atoms with van der Waals surface area (Å²) in [6.07, 6.45) is 3.88. The van der Waals surface area contributed by atoms with Gasteiger partial charge in [0.1, 0.15) is 12.3 Å². The van der Waals surface area contributed by atoms with Crippen molar-refractivity contribution in [1.82, 2.24) is 19.9 Å². The molecule has 5 aromatic carbocycles. The van der Waals surface area contributed by atoms with Crippen molar-refractivity contribution in [3.05, 3.63) is 164 Å². The van der Waals surface area contributed by atoms with Crippen LogP contribution in [0.1, 0.15) is 24.5 Å². The van der Waals surface area contributed by atoms with Crippen molar-refractivity contribution < 1.29 is 0 Å². The number of anilines is 8. The number of benzene rings is 5. The molecule has 250 valence electrons. The highest BCUT2D eigenvalue weighted by atomic mass is 15.5. The van der Waals surface area contributed by atoms with Crippen LogP contribution in [0.3, 0.4) is 0 Å². The number of hydrogen-bond acceptors (Lipinski definition) is 8. The maximum Gasteiger partial charge on any atom is 0.179 e. The molecular weight excluding hydrogens is 641 g/mol. The fourth-order valence-electron chi connectivity index (χ4n) is 9.48. The summed E-state index contributed by atoms with van der Waals surface area (Å²) in [6.45, 7) is 7.28. The van der Waals surface area contributed by atoms with Gasteiger partial charge < -0.3 is 19.6 Å². The third-order valence-corrected chi connectivity index (χ3v) is 11.5. The Labute approximate surface area is 302 Å². The second-order valence-electron chi connectivity index (χ2n) is 14.3. The van der Waals surface area contributed by atoms with Gasteiger partial charge in [0.05, 0.1) is 16.7 Å². The van der Waals surface area contributed by atoms with Gasteiger partial charge in [0, 0.05) is 46.4 Å². The zero-order valence-electron chi connectivity index (χ0n) is 28.6. The molecule has 7 aromatic rings. The smallest absolute Gasteiger partial charge is 0.179 e. The van der Waals surface area contributed by atoms with Crippen LogP contribution in [0.5, 0.6) is 0 Å². The van der Waals surface area contributed by atoms with Gasteiger partial charge in [-0.15, -0.1) is 0 Å². The second kappa shape index (κ2) is 10.7. The summed E-state index contributed by atoms with van der Waals surface area (Å²) < 4.78 is 0. The number of para-hydroxylation sites is 6. The molecular formula is C44H34N8. The van der Waals surface area contributed by atoms with E-state index >= 15 is 0 Å². The number of fused-ring (bicyclic) bond motifs is 15. The van der Waals surface area contributed by atoms with E-state index in [1.54, 1.807) is 0 Å². The van der Waals surface area contributed by atoms with E-state index in [-0.39, 0.29) is 18.2 Å². The molecule has 8 heteroatoms. The van der Waals surface area contributed by atoms with E-state index < -0.39 is 5.41 Å². The standard InChI is InChI=1S/C44H34N8/c1-28-27-44(2)32-20-10-14-24-36(32)52-39-38(45-25-26-46-39)49(29-15-5-3-6-16-29)42(52)37(44)43-50(30-17-7-4-8-18-30)40-41(48-34-22-12-11-21-33(34)47-40)51(43)35-23-13-9-19-31(28)35/h3-26,37,42-43H,1,27H2,2H3. The Balaban J connectivity index is 1.28. The van der Waals surface area contributed by atoms with Gasteiger partial charge in [0.2, 0.25) is 0 Å². The van der Waals surface area contributed by atoms with Gasteiger partial charge in [-0.2, -0.15) is 0 Å². The van der Waals surface area contributed by atoms with E-state index in [9.17, 15) is 0 Å². The first-order valence-electron chi connectivity index (χ1n) is 17.8. The predicted octanol–water partition coefficient (Wildman–Crippen LogP) is 9.66. The molecule has 4 unspecified atom stereocenters. The first-order valence-corrected chi connectivity index (χ1v) is 17.8. The van der Waals surface area contributed by atoms with Crippen molar-refractivity contribution in [2.75, 3.05) is 19.6 Å². The van der Waals surface area contributed by atoms with E-state index in [0.29, 0.717) is 0 Å². The van der Waals surface area contributed by atoms with E-state index in [1.165, 1.54) is 5.56 Å². The lowest BCUT2D eigenvalue weighted by atomic mass is 9.61. The Morgan fingerprint density at radius 3 is 1.67 bits per heavy atom.